The summed E-state index contributed by atoms with van der Waals surface area (Å²) in [7, 11) is 0. The molecule has 0 radical (unpaired) electrons. The monoisotopic (exact) mass is 505 g/mol. The number of nitrogens with one attached hydrogen (secondary N) is 3. The molecule has 3 N–H and O–H groups in total. The van der Waals surface area contributed by atoms with Crippen LogP contribution in [0.25, 0.3) is 22.6 Å². The van der Waals surface area contributed by atoms with Crippen molar-refractivity contribution in [2.45, 2.75) is 13.5 Å². The molecule has 1 heterocycles. The van der Waals surface area contributed by atoms with Gasteiger partial charge < -0.3 is 20.4 Å². The van der Waals surface area contributed by atoms with E-state index in [-0.39, 0.29) is 5.91 Å². The summed E-state index contributed by atoms with van der Waals surface area (Å²) in [6, 6.07) is 24.4. The molecule has 0 saturated carbocycles. The molecule has 0 spiro atoms. The highest BCUT2D eigenvalue weighted by molar-refractivity contribution is 9.10. The van der Waals surface area contributed by atoms with Gasteiger partial charge in [0, 0.05) is 36.7 Å². The first-order valence-corrected chi connectivity index (χ1v) is 11.4. The molecule has 1 aromatic heterocycles. The van der Waals surface area contributed by atoms with E-state index in [1.807, 2.05) is 54.6 Å². The van der Waals surface area contributed by atoms with Crippen LogP contribution in [0, 0.1) is 0 Å². The van der Waals surface area contributed by atoms with Gasteiger partial charge in [-0.05, 0) is 50.8 Å². The smallest absolute Gasteiger partial charge is 0.320 e. The van der Waals surface area contributed by atoms with Gasteiger partial charge in [0.1, 0.15) is 0 Å². The molecule has 8 heteroatoms. The minimum Gasteiger partial charge on any atom is -0.403 e. The first-order valence-electron chi connectivity index (χ1n) is 10.6. The molecule has 0 saturated heterocycles. The van der Waals surface area contributed by atoms with Gasteiger partial charge >= 0.3 is 6.01 Å². The predicted octanol–water partition coefficient (Wildman–Crippen LogP) is 5.14. The maximum absolute atomic E-state index is 10.9. The van der Waals surface area contributed by atoms with Crippen LogP contribution in [-0.2, 0) is 11.3 Å². The van der Waals surface area contributed by atoms with Crippen LogP contribution >= 0.6 is 15.9 Å². The number of rotatable bonds is 9. The fourth-order valence-corrected chi connectivity index (χ4v) is 3.97. The highest BCUT2D eigenvalue weighted by atomic mass is 79.9. The van der Waals surface area contributed by atoms with Gasteiger partial charge in [-0.2, -0.15) is 0 Å². The third kappa shape index (κ3) is 6.06. The van der Waals surface area contributed by atoms with Gasteiger partial charge in [-0.15, -0.1) is 5.10 Å². The summed E-state index contributed by atoms with van der Waals surface area (Å²) in [6.07, 6.45) is 0. The second kappa shape index (κ2) is 10.9. The zero-order chi connectivity index (χ0) is 23.0. The Bertz CT molecular complexity index is 1210. The van der Waals surface area contributed by atoms with Crippen molar-refractivity contribution in [3.8, 4) is 22.6 Å². The van der Waals surface area contributed by atoms with Crippen molar-refractivity contribution in [1.29, 1.82) is 0 Å². The molecular weight excluding hydrogens is 482 g/mol. The molecule has 3 aromatic carbocycles. The van der Waals surface area contributed by atoms with Gasteiger partial charge in [0.05, 0.1) is 5.56 Å². The SMILES string of the molecule is CC(=O)NCCNCc1ccc(Nc2nnc(-c3cccc(-c4ccccc4)c3Br)o2)cc1. The average molecular weight is 506 g/mol. The number of nitrogens with zero attached hydrogens (tertiary/aromatic N) is 2. The molecule has 0 aliphatic carbocycles. The summed E-state index contributed by atoms with van der Waals surface area (Å²) in [5.41, 5.74) is 4.98. The second-order valence-corrected chi connectivity index (χ2v) is 8.22. The Kier molecular flexibility index (Phi) is 7.49. The second-order valence-electron chi connectivity index (χ2n) is 7.43. The predicted molar refractivity (Wildman–Crippen MR) is 133 cm³/mol. The van der Waals surface area contributed by atoms with Gasteiger partial charge in [-0.3, -0.25) is 4.79 Å². The van der Waals surface area contributed by atoms with E-state index in [0.717, 1.165) is 39.0 Å². The average Bonchev–Trinajstić information content (AvgIpc) is 3.28. The van der Waals surface area contributed by atoms with Crippen molar-refractivity contribution in [3.63, 3.8) is 0 Å². The first kappa shape index (κ1) is 22.7. The number of carbonyl (C=O) groups excluding carboxylic acids is 1. The third-order valence-corrected chi connectivity index (χ3v) is 5.80. The Morgan fingerprint density at radius 1 is 0.909 bits per heavy atom. The lowest BCUT2D eigenvalue weighted by Crippen LogP contribution is -2.29. The van der Waals surface area contributed by atoms with Crippen LogP contribution in [0.1, 0.15) is 12.5 Å². The quantitative estimate of drug-likeness (QED) is 0.273. The van der Waals surface area contributed by atoms with Crippen molar-refractivity contribution >= 4 is 33.5 Å². The summed E-state index contributed by atoms with van der Waals surface area (Å²) in [4.78, 5) is 10.9. The molecular formula is C25H24BrN5O2. The minimum absolute atomic E-state index is 0.0207. The van der Waals surface area contributed by atoms with E-state index in [2.05, 4.69) is 60.3 Å². The molecule has 4 rings (SSSR count). The molecule has 4 aromatic rings. The Morgan fingerprint density at radius 2 is 1.67 bits per heavy atom. The van der Waals surface area contributed by atoms with Crippen molar-refractivity contribution in [1.82, 2.24) is 20.8 Å². The summed E-state index contributed by atoms with van der Waals surface area (Å²) < 4.78 is 6.78. The number of halogens is 1. The highest BCUT2D eigenvalue weighted by Crippen LogP contribution is 2.36. The van der Waals surface area contributed by atoms with E-state index < -0.39 is 0 Å². The van der Waals surface area contributed by atoms with Crippen LogP contribution < -0.4 is 16.0 Å². The number of hydrogen-bond acceptors (Lipinski definition) is 6. The number of aromatic nitrogens is 2. The van der Waals surface area contributed by atoms with E-state index in [1.54, 1.807) is 0 Å². The lowest BCUT2D eigenvalue weighted by atomic mass is 10.0. The van der Waals surface area contributed by atoms with Crippen LogP contribution in [0.3, 0.4) is 0 Å². The van der Waals surface area contributed by atoms with Gasteiger partial charge in [-0.1, -0.05) is 59.7 Å². The largest absolute Gasteiger partial charge is 0.403 e. The molecule has 168 valence electrons. The van der Waals surface area contributed by atoms with Crippen LogP contribution in [0.5, 0.6) is 0 Å². The van der Waals surface area contributed by atoms with E-state index in [0.29, 0.717) is 25.0 Å². The highest BCUT2D eigenvalue weighted by Gasteiger charge is 2.15. The Hall–Kier alpha value is -3.49. The van der Waals surface area contributed by atoms with E-state index in [9.17, 15) is 4.79 Å². The van der Waals surface area contributed by atoms with Gasteiger partial charge in [-0.25, -0.2) is 0 Å². The third-order valence-electron chi connectivity index (χ3n) is 4.95. The van der Waals surface area contributed by atoms with Crippen LogP contribution in [0.2, 0.25) is 0 Å². The van der Waals surface area contributed by atoms with Crippen LogP contribution in [0.4, 0.5) is 11.7 Å². The number of benzene rings is 3. The molecule has 7 nitrogen and oxygen atoms in total. The lowest BCUT2D eigenvalue weighted by molar-refractivity contribution is -0.118. The summed E-state index contributed by atoms with van der Waals surface area (Å²) >= 11 is 3.70. The van der Waals surface area contributed by atoms with E-state index in [4.69, 9.17) is 4.42 Å². The number of hydrogen-bond donors (Lipinski definition) is 3. The normalized spacial score (nSPS) is 10.7. The number of amides is 1. The van der Waals surface area contributed by atoms with Crippen molar-refractivity contribution in [2.24, 2.45) is 0 Å². The number of carbonyl (C=O) groups is 1. The molecule has 0 aliphatic rings. The first-order chi connectivity index (χ1) is 16.1. The summed E-state index contributed by atoms with van der Waals surface area (Å²) in [5.74, 6) is 0.412. The fourth-order valence-electron chi connectivity index (χ4n) is 3.31. The summed E-state index contributed by atoms with van der Waals surface area (Å²) in [6.45, 7) is 3.55. The van der Waals surface area contributed by atoms with Crippen molar-refractivity contribution in [3.05, 3.63) is 82.8 Å². The van der Waals surface area contributed by atoms with Crippen LogP contribution in [0.15, 0.2) is 81.7 Å². The maximum atomic E-state index is 10.9. The number of anilines is 2. The van der Waals surface area contributed by atoms with Gasteiger partial charge in [0.15, 0.2) is 0 Å². The van der Waals surface area contributed by atoms with Crippen molar-refractivity contribution < 1.29 is 9.21 Å². The zero-order valence-electron chi connectivity index (χ0n) is 18.1. The standard InChI is InChI=1S/C25H24BrN5O2/c1-17(32)28-15-14-27-16-18-10-12-20(13-11-18)29-25-31-30-24(33-25)22-9-5-8-21(23(22)26)19-6-3-2-4-7-19/h2-13,27H,14-16H2,1H3,(H,28,32)(H,29,31). The molecule has 0 atom stereocenters. The molecule has 1 amide bonds. The summed E-state index contributed by atoms with van der Waals surface area (Å²) in [5, 5.41) is 17.6. The maximum Gasteiger partial charge on any atom is 0.320 e. The molecule has 0 unspecified atom stereocenters. The van der Waals surface area contributed by atoms with E-state index in [1.165, 1.54) is 6.92 Å². The van der Waals surface area contributed by atoms with Gasteiger partial charge in [0.2, 0.25) is 5.91 Å². The van der Waals surface area contributed by atoms with Crippen molar-refractivity contribution in [2.75, 3.05) is 18.4 Å². The molecule has 0 aliphatic heterocycles. The lowest BCUT2D eigenvalue weighted by Gasteiger charge is -2.08. The Balaban J connectivity index is 1.39. The van der Waals surface area contributed by atoms with Crippen LogP contribution in [-0.4, -0.2) is 29.2 Å². The Morgan fingerprint density at radius 3 is 2.42 bits per heavy atom. The minimum atomic E-state index is -0.0207. The topological polar surface area (TPSA) is 92.1 Å². The van der Waals surface area contributed by atoms with E-state index >= 15 is 0 Å². The van der Waals surface area contributed by atoms with Gasteiger partial charge in [0.25, 0.3) is 5.89 Å². The zero-order valence-corrected chi connectivity index (χ0v) is 19.7. The molecule has 0 fully saturated rings. The molecule has 33 heavy (non-hydrogen) atoms. The molecule has 0 bridgehead atoms. The fraction of sp³-hybridized carbons (Fsp3) is 0.160. The Labute approximate surface area is 200 Å².